The Balaban J connectivity index is 2.04. The van der Waals surface area contributed by atoms with Crippen LogP contribution in [-0.4, -0.2) is 31.1 Å². The Hall–Kier alpha value is -2.56. The molecule has 1 aromatic heterocycles. The number of H-pyrrole nitrogens is 1. The number of hydrogen-bond acceptors (Lipinski definition) is 4. The summed E-state index contributed by atoms with van der Waals surface area (Å²) in [6, 6.07) is 8.11. The topological polar surface area (TPSA) is 68.4 Å². The highest BCUT2D eigenvalue weighted by Crippen LogP contribution is 2.54. The molecule has 26 heavy (non-hydrogen) atoms. The van der Waals surface area contributed by atoms with Crippen molar-refractivity contribution in [2.45, 2.75) is 32.1 Å². The molecule has 138 valence electrons. The molecule has 0 amide bonds. The van der Waals surface area contributed by atoms with Gasteiger partial charge in [0.25, 0.3) is 0 Å². The second-order valence-corrected chi connectivity index (χ2v) is 7.63. The molecule has 1 heterocycles. The van der Waals surface area contributed by atoms with E-state index in [1.54, 1.807) is 0 Å². The summed E-state index contributed by atoms with van der Waals surface area (Å²) in [5.41, 5.74) is 1.45. The molecular weight excluding hydrogens is 330 g/mol. The second-order valence-electron chi connectivity index (χ2n) is 7.63. The maximum Gasteiger partial charge on any atom is 0.323 e. The fraction of sp³-hybridized carbons (Fsp3) is 0.429. The lowest BCUT2D eigenvalue weighted by Crippen LogP contribution is -2.40. The van der Waals surface area contributed by atoms with Gasteiger partial charge in [-0.1, -0.05) is 44.2 Å². The molecule has 1 aromatic carbocycles. The van der Waals surface area contributed by atoms with Gasteiger partial charge in [0.15, 0.2) is 5.41 Å². The number of carbonyl (C=O) groups excluding carboxylic acids is 2. The fourth-order valence-electron chi connectivity index (χ4n) is 4.42. The molecule has 1 unspecified atom stereocenters. The number of allylic oxidation sites excluding steroid dienone is 1. The van der Waals surface area contributed by atoms with Crippen LogP contribution in [0.25, 0.3) is 10.9 Å². The van der Waals surface area contributed by atoms with Crippen LogP contribution in [0.4, 0.5) is 0 Å². The smallest absolute Gasteiger partial charge is 0.323 e. The van der Waals surface area contributed by atoms with Gasteiger partial charge in [-0.05, 0) is 35.8 Å². The van der Waals surface area contributed by atoms with Crippen molar-refractivity contribution in [2.24, 2.45) is 11.3 Å². The van der Waals surface area contributed by atoms with E-state index in [4.69, 9.17) is 9.47 Å². The van der Waals surface area contributed by atoms with Crippen LogP contribution in [0.1, 0.15) is 32.3 Å². The average molecular weight is 355 g/mol. The van der Waals surface area contributed by atoms with Gasteiger partial charge in [0.05, 0.1) is 14.2 Å². The lowest BCUT2D eigenvalue weighted by atomic mass is 9.70. The van der Waals surface area contributed by atoms with Gasteiger partial charge in [-0.3, -0.25) is 9.59 Å². The largest absolute Gasteiger partial charge is 0.468 e. The molecule has 1 aliphatic carbocycles. The van der Waals surface area contributed by atoms with Crippen molar-refractivity contribution in [3.8, 4) is 0 Å². The molecule has 1 saturated carbocycles. The molecule has 0 bridgehead atoms. The predicted octanol–water partition coefficient (Wildman–Crippen LogP) is 3.74. The molecule has 0 saturated heterocycles. The Morgan fingerprint density at radius 3 is 2.42 bits per heavy atom. The quantitative estimate of drug-likeness (QED) is 0.515. The van der Waals surface area contributed by atoms with E-state index in [1.807, 2.05) is 24.4 Å². The number of ether oxygens (including phenoxy) is 2. The standard InChI is InChI=1S/C21H25NO4/c1-13-10-21(18(23)25-4,19(24)26-5)11-15(13)20(2,3)16-12-22-17-9-7-6-8-14(16)17/h6-9,12,15,22H,1,10-11H2,2-5H3. The van der Waals surface area contributed by atoms with Gasteiger partial charge < -0.3 is 14.5 Å². The van der Waals surface area contributed by atoms with Gasteiger partial charge in [-0.25, -0.2) is 0 Å². The first-order valence-corrected chi connectivity index (χ1v) is 8.69. The number of carbonyl (C=O) groups is 2. The number of rotatable bonds is 4. The average Bonchev–Trinajstić information content (AvgIpc) is 3.23. The number of benzene rings is 1. The Labute approximate surface area is 153 Å². The van der Waals surface area contributed by atoms with E-state index in [1.165, 1.54) is 14.2 Å². The lowest BCUT2D eigenvalue weighted by molar-refractivity contribution is -0.168. The molecule has 1 atom stereocenters. The minimum absolute atomic E-state index is 0.0556. The molecule has 0 aliphatic heterocycles. The van der Waals surface area contributed by atoms with Crippen LogP contribution < -0.4 is 0 Å². The van der Waals surface area contributed by atoms with Crippen molar-refractivity contribution in [1.82, 2.24) is 4.98 Å². The van der Waals surface area contributed by atoms with E-state index in [0.29, 0.717) is 6.42 Å². The molecule has 5 nitrogen and oxygen atoms in total. The number of para-hydroxylation sites is 1. The number of hydrogen-bond donors (Lipinski definition) is 1. The molecule has 2 aromatic rings. The molecule has 0 spiro atoms. The summed E-state index contributed by atoms with van der Waals surface area (Å²) in [6.07, 6.45) is 2.59. The highest BCUT2D eigenvalue weighted by molar-refractivity contribution is 6.01. The highest BCUT2D eigenvalue weighted by atomic mass is 16.5. The summed E-state index contributed by atoms with van der Waals surface area (Å²) in [5.74, 6) is -1.16. The van der Waals surface area contributed by atoms with Gasteiger partial charge in [0, 0.05) is 17.1 Å². The van der Waals surface area contributed by atoms with Crippen LogP contribution in [0.3, 0.4) is 0 Å². The summed E-state index contributed by atoms with van der Waals surface area (Å²) >= 11 is 0. The molecular formula is C21H25NO4. The minimum Gasteiger partial charge on any atom is -0.468 e. The lowest BCUT2D eigenvalue weighted by Gasteiger charge is -2.33. The van der Waals surface area contributed by atoms with E-state index in [-0.39, 0.29) is 17.8 Å². The Bertz CT molecular complexity index is 861. The van der Waals surface area contributed by atoms with E-state index in [0.717, 1.165) is 22.0 Å². The summed E-state index contributed by atoms with van der Waals surface area (Å²) < 4.78 is 9.89. The van der Waals surface area contributed by atoms with Crippen molar-refractivity contribution in [3.63, 3.8) is 0 Å². The van der Waals surface area contributed by atoms with Crippen molar-refractivity contribution in [2.75, 3.05) is 14.2 Å². The van der Waals surface area contributed by atoms with Gasteiger partial charge in [0.1, 0.15) is 0 Å². The second kappa shape index (κ2) is 6.31. The SMILES string of the molecule is C=C1CC(C(=O)OC)(C(=O)OC)CC1C(C)(C)c1c[nH]c2ccccc12. The van der Waals surface area contributed by atoms with Crippen LogP contribution in [0.15, 0.2) is 42.6 Å². The number of aromatic nitrogens is 1. The zero-order valence-electron chi connectivity index (χ0n) is 15.7. The van der Waals surface area contributed by atoms with E-state index >= 15 is 0 Å². The van der Waals surface area contributed by atoms with Crippen molar-refractivity contribution >= 4 is 22.8 Å². The number of fused-ring (bicyclic) bond motifs is 1. The first-order chi connectivity index (χ1) is 12.3. The minimum atomic E-state index is -1.31. The van der Waals surface area contributed by atoms with E-state index in [9.17, 15) is 9.59 Å². The van der Waals surface area contributed by atoms with Crippen LogP contribution in [-0.2, 0) is 24.5 Å². The van der Waals surface area contributed by atoms with Crippen molar-refractivity contribution in [1.29, 1.82) is 0 Å². The summed E-state index contributed by atoms with van der Waals surface area (Å²) in [5, 5.41) is 1.14. The predicted molar refractivity (Wildman–Crippen MR) is 99.7 cm³/mol. The summed E-state index contributed by atoms with van der Waals surface area (Å²) in [6.45, 7) is 8.45. The number of aromatic amines is 1. The van der Waals surface area contributed by atoms with E-state index in [2.05, 4.69) is 31.5 Å². The van der Waals surface area contributed by atoms with Crippen LogP contribution in [0.2, 0.25) is 0 Å². The van der Waals surface area contributed by atoms with Crippen LogP contribution in [0.5, 0.6) is 0 Å². The highest BCUT2D eigenvalue weighted by Gasteiger charge is 2.58. The number of methoxy groups -OCH3 is 2. The van der Waals surface area contributed by atoms with Gasteiger partial charge >= 0.3 is 11.9 Å². The third-order valence-electron chi connectivity index (χ3n) is 5.88. The Morgan fingerprint density at radius 2 is 1.81 bits per heavy atom. The van der Waals surface area contributed by atoms with E-state index < -0.39 is 17.4 Å². The Kier molecular flexibility index (Phi) is 4.42. The van der Waals surface area contributed by atoms with Gasteiger partial charge in [-0.2, -0.15) is 0 Å². The van der Waals surface area contributed by atoms with Crippen molar-refractivity contribution < 1.29 is 19.1 Å². The summed E-state index contributed by atoms with van der Waals surface area (Å²) in [4.78, 5) is 28.3. The monoisotopic (exact) mass is 355 g/mol. The molecule has 3 rings (SSSR count). The molecule has 1 N–H and O–H groups in total. The molecule has 0 radical (unpaired) electrons. The molecule has 1 aliphatic rings. The van der Waals surface area contributed by atoms with Gasteiger partial charge in [-0.15, -0.1) is 0 Å². The first kappa shape index (κ1) is 18.2. The zero-order valence-corrected chi connectivity index (χ0v) is 15.7. The fourth-order valence-corrected chi connectivity index (χ4v) is 4.42. The van der Waals surface area contributed by atoms with Crippen LogP contribution >= 0.6 is 0 Å². The third-order valence-corrected chi connectivity index (χ3v) is 5.88. The maximum absolute atomic E-state index is 12.5. The van der Waals surface area contributed by atoms with Gasteiger partial charge in [0.2, 0.25) is 0 Å². The Morgan fingerprint density at radius 1 is 1.19 bits per heavy atom. The first-order valence-electron chi connectivity index (χ1n) is 8.69. The number of esters is 2. The van der Waals surface area contributed by atoms with Crippen LogP contribution in [0, 0.1) is 11.3 Å². The number of nitrogens with one attached hydrogen (secondary N) is 1. The maximum atomic E-state index is 12.5. The normalized spacial score (nSPS) is 19.5. The zero-order chi connectivity index (χ0) is 19.1. The molecule has 1 fully saturated rings. The van der Waals surface area contributed by atoms with Crippen molar-refractivity contribution in [3.05, 3.63) is 48.2 Å². The third kappa shape index (κ3) is 2.54. The molecule has 5 heteroatoms. The summed E-state index contributed by atoms with van der Waals surface area (Å²) in [7, 11) is 2.60.